The van der Waals surface area contributed by atoms with Gasteiger partial charge < -0.3 is 0 Å². The van der Waals surface area contributed by atoms with Crippen molar-refractivity contribution in [3.8, 4) is 0 Å². The number of hydrogen-bond acceptors (Lipinski definition) is 4. The summed E-state index contributed by atoms with van der Waals surface area (Å²) in [5, 5.41) is 0.843. The summed E-state index contributed by atoms with van der Waals surface area (Å²) in [5.74, 6) is -0.302. The van der Waals surface area contributed by atoms with Crippen LogP contribution in [0.15, 0.2) is 35.3 Å². The molecule has 19 heavy (non-hydrogen) atoms. The Labute approximate surface area is 120 Å². The number of aliphatic imine (C=N–C) groups is 1. The van der Waals surface area contributed by atoms with Crippen molar-refractivity contribution in [2.45, 2.75) is 11.5 Å². The third-order valence-electron chi connectivity index (χ3n) is 3.06. The van der Waals surface area contributed by atoms with Gasteiger partial charge in [0.1, 0.15) is 0 Å². The molecule has 102 valence electrons. The second kappa shape index (κ2) is 6.33. The van der Waals surface area contributed by atoms with Crippen LogP contribution in [0.4, 0.5) is 0 Å². The van der Waals surface area contributed by atoms with Crippen molar-refractivity contribution in [2.24, 2.45) is 10.9 Å². The quantitative estimate of drug-likeness (QED) is 0.620. The van der Waals surface area contributed by atoms with Gasteiger partial charge in [0.15, 0.2) is 0 Å². The molecular formula is C14H18N2O2Se. The maximum atomic E-state index is 11.8. The number of esters is 1. The summed E-state index contributed by atoms with van der Waals surface area (Å²) in [6.45, 7) is 0. The van der Waals surface area contributed by atoms with Crippen molar-refractivity contribution in [1.82, 2.24) is 4.90 Å². The molecule has 0 saturated carbocycles. The molecule has 0 aromatic heterocycles. The number of methoxy groups -OCH3 is 1. The van der Waals surface area contributed by atoms with E-state index in [4.69, 9.17) is 9.73 Å². The summed E-state index contributed by atoms with van der Waals surface area (Å²) < 4.78 is 6.02. The first kappa shape index (κ1) is 14.3. The van der Waals surface area contributed by atoms with Crippen LogP contribution in [0.5, 0.6) is 0 Å². The Morgan fingerprint density at radius 2 is 2.05 bits per heavy atom. The Morgan fingerprint density at radius 3 is 2.63 bits per heavy atom. The number of carbonyl (C=O) groups is 1. The molecule has 0 fully saturated rings. The number of benzene rings is 1. The summed E-state index contributed by atoms with van der Waals surface area (Å²) in [5.41, 5.74) is 1.16. The van der Waals surface area contributed by atoms with Crippen LogP contribution in [0.2, 0.25) is 5.32 Å². The molecule has 1 aromatic rings. The van der Waals surface area contributed by atoms with Gasteiger partial charge in [0.05, 0.1) is 0 Å². The molecule has 0 bridgehead atoms. The second-order valence-corrected chi connectivity index (χ2v) is 6.73. The summed E-state index contributed by atoms with van der Waals surface area (Å²) in [7, 11) is 5.34. The zero-order chi connectivity index (χ0) is 13.8. The van der Waals surface area contributed by atoms with E-state index in [0.717, 1.165) is 15.5 Å². The molecule has 0 unspecified atom stereocenters. The number of carbonyl (C=O) groups excluding carboxylic acids is 1. The van der Waals surface area contributed by atoms with Crippen LogP contribution in [-0.4, -0.2) is 57.8 Å². The van der Waals surface area contributed by atoms with Crippen molar-refractivity contribution >= 4 is 25.5 Å². The fourth-order valence-corrected chi connectivity index (χ4v) is 4.43. The number of ether oxygens (including phenoxy) is 1. The van der Waals surface area contributed by atoms with Crippen molar-refractivity contribution in [3.63, 3.8) is 0 Å². The number of hydrogen-bond donors (Lipinski definition) is 0. The molecule has 0 saturated heterocycles. The fourth-order valence-electron chi connectivity index (χ4n) is 2.06. The van der Waals surface area contributed by atoms with Crippen LogP contribution in [0.3, 0.4) is 0 Å². The number of rotatable bonds is 3. The third-order valence-corrected chi connectivity index (χ3v) is 5.46. The van der Waals surface area contributed by atoms with E-state index in [1.165, 1.54) is 7.11 Å². The van der Waals surface area contributed by atoms with Crippen molar-refractivity contribution in [2.75, 3.05) is 21.2 Å². The average Bonchev–Trinajstić information content (AvgIpc) is 2.46. The molecule has 0 aliphatic carbocycles. The first-order valence-electron chi connectivity index (χ1n) is 6.13. The molecule has 1 heterocycles. The van der Waals surface area contributed by atoms with Crippen LogP contribution in [0.25, 0.3) is 0 Å². The van der Waals surface area contributed by atoms with E-state index in [1.807, 2.05) is 37.2 Å². The van der Waals surface area contributed by atoms with Gasteiger partial charge >= 0.3 is 119 Å². The molecule has 1 aliphatic rings. The zero-order valence-electron chi connectivity index (χ0n) is 11.4. The maximum absolute atomic E-state index is 11.8. The standard InChI is InChI=1S/C14H18N2O2Se/c1-16(2)12-11(14(17)18-3)9-19-13(15-12)10-7-5-4-6-8-10/h4-8,11-12H,9H2,1-3H3/t11-,12+/m0/s1. The molecule has 0 radical (unpaired) electrons. The molecule has 1 aliphatic heterocycles. The van der Waals surface area contributed by atoms with Crippen LogP contribution in [0, 0.1) is 5.92 Å². The predicted octanol–water partition coefficient (Wildman–Crippen LogP) is 1.25. The van der Waals surface area contributed by atoms with E-state index in [1.54, 1.807) is 0 Å². The third kappa shape index (κ3) is 3.24. The topological polar surface area (TPSA) is 41.9 Å². The van der Waals surface area contributed by atoms with Gasteiger partial charge in [-0.15, -0.1) is 0 Å². The van der Waals surface area contributed by atoms with Gasteiger partial charge in [0.25, 0.3) is 0 Å². The van der Waals surface area contributed by atoms with E-state index >= 15 is 0 Å². The second-order valence-electron chi connectivity index (χ2n) is 4.62. The predicted molar refractivity (Wildman–Crippen MR) is 76.5 cm³/mol. The van der Waals surface area contributed by atoms with Gasteiger partial charge in [0, 0.05) is 0 Å². The van der Waals surface area contributed by atoms with Gasteiger partial charge in [-0.05, 0) is 0 Å². The number of nitrogens with zero attached hydrogens (tertiary/aromatic N) is 2. The molecule has 0 amide bonds. The molecule has 2 atom stereocenters. The van der Waals surface area contributed by atoms with Crippen LogP contribution in [0.1, 0.15) is 5.56 Å². The first-order valence-corrected chi connectivity index (χ1v) is 8.20. The Hall–Kier alpha value is -1.16. The van der Waals surface area contributed by atoms with Gasteiger partial charge in [-0.1, -0.05) is 0 Å². The molecular weight excluding hydrogens is 307 g/mol. The van der Waals surface area contributed by atoms with Gasteiger partial charge in [0.2, 0.25) is 0 Å². The molecule has 1 aromatic carbocycles. The average molecular weight is 325 g/mol. The van der Waals surface area contributed by atoms with Crippen LogP contribution in [-0.2, 0) is 9.53 Å². The van der Waals surface area contributed by atoms with Crippen molar-refractivity contribution in [3.05, 3.63) is 35.9 Å². The van der Waals surface area contributed by atoms with Crippen molar-refractivity contribution < 1.29 is 9.53 Å². The van der Waals surface area contributed by atoms with Crippen molar-refractivity contribution in [1.29, 1.82) is 0 Å². The Kier molecular flexibility index (Phi) is 4.75. The fraction of sp³-hybridized carbons (Fsp3) is 0.429. The molecule has 4 nitrogen and oxygen atoms in total. The SMILES string of the molecule is COC(=O)[C@H]1C[Se]C(c2ccccc2)=N[C@@H]1N(C)C. The summed E-state index contributed by atoms with van der Waals surface area (Å²) >= 11 is 0.215. The van der Waals surface area contributed by atoms with Crippen LogP contribution < -0.4 is 0 Å². The summed E-state index contributed by atoms with van der Waals surface area (Å²) in [6, 6.07) is 10.2. The first-order chi connectivity index (χ1) is 9.13. The molecule has 0 N–H and O–H groups in total. The van der Waals surface area contributed by atoms with E-state index in [0.29, 0.717) is 0 Å². The summed E-state index contributed by atoms with van der Waals surface area (Å²) in [6.07, 6.45) is -0.127. The summed E-state index contributed by atoms with van der Waals surface area (Å²) in [4.78, 5) is 18.6. The zero-order valence-corrected chi connectivity index (χ0v) is 13.1. The normalized spacial score (nSPS) is 23.1. The molecule has 2 rings (SSSR count). The Balaban J connectivity index is 2.28. The Morgan fingerprint density at radius 1 is 1.37 bits per heavy atom. The Bertz CT molecular complexity index is 474. The minimum atomic E-state index is -0.156. The van der Waals surface area contributed by atoms with E-state index in [2.05, 4.69) is 12.1 Å². The van der Waals surface area contributed by atoms with E-state index in [9.17, 15) is 4.79 Å². The van der Waals surface area contributed by atoms with E-state index < -0.39 is 0 Å². The van der Waals surface area contributed by atoms with Gasteiger partial charge in [-0.25, -0.2) is 0 Å². The van der Waals surface area contributed by atoms with E-state index in [-0.39, 0.29) is 33.0 Å². The minimum absolute atomic E-state index is 0.127. The van der Waals surface area contributed by atoms with Gasteiger partial charge in [-0.2, -0.15) is 0 Å². The van der Waals surface area contributed by atoms with Crippen LogP contribution >= 0.6 is 0 Å². The molecule has 0 spiro atoms. The van der Waals surface area contributed by atoms with Gasteiger partial charge in [-0.3, -0.25) is 0 Å². The monoisotopic (exact) mass is 326 g/mol. The molecule has 5 heteroatoms.